The Morgan fingerprint density at radius 2 is 1.77 bits per heavy atom. The summed E-state index contributed by atoms with van der Waals surface area (Å²) < 4.78 is 19.3. The third kappa shape index (κ3) is 4.94. The predicted octanol–water partition coefficient (Wildman–Crippen LogP) is 6.84. The highest BCUT2D eigenvalue weighted by atomic mass is 35.5. The molecule has 0 aliphatic carbocycles. The first-order valence-electron chi connectivity index (χ1n) is 10.9. The second-order valence-electron chi connectivity index (χ2n) is 8.20. The summed E-state index contributed by atoms with van der Waals surface area (Å²) in [6.07, 6.45) is 0.577. The van der Waals surface area contributed by atoms with E-state index in [-0.39, 0.29) is 22.7 Å². The maximum absolute atomic E-state index is 13.2. The van der Waals surface area contributed by atoms with Gasteiger partial charge in [0.15, 0.2) is 0 Å². The minimum Gasteiger partial charge on any atom is -0.461 e. The molecule has 35 heavy (non-hydrogen) atoms. The highest BCUT2D eigenvalue weighted by Gasteiger charge is 2.25. The van der Waals surface area contributed by atoms with Crippen molar-refractivity contribution in [1.82, 2.24) is 4.90 Å². The Hall–Kier alpha value is -3.61. The fraction of sp³-hybridized carbons (Fsp3) is 0.111. The van der Waals surface area contributed by atoms with Crippen molar-refractivity contribution in [3.8, 4) is 11.3 Å². The van der Waals surface area contributed by atoms with Crippen molar-refractivity contribution >= 4 is 40.7 Å². The average molecular weight is 509 g/mol. The maximum Gasteiger partial charge on any atom is 0.257 e. The monoisotopic (exact) mass is 508 g/mol. The molecule has 1 aliphatic rings. The molecule has 1 N–H and O–H groups in total. The van der Waals surface area contributed by atoms with E-state index in [0.29, 0.717) is 47.1 Å². The van der Waals surface area contributed by atoms with Gasteiger partial charge < -0.3 is 14.6 Å². The molecule has 0 radical (unpaired) electrons. The number of anilines is 1. The second kappa shape index (κ2) is 9.56. The lowest BCUT2D eigenvalue weighted by Crippen LogP contribution is -2.35. The number of hydrogen-bond acceptors (Lipinski definition) is 3. The SMILES string of the molecule is O=C(Nc1cccc(-c2cc3c(o2)CCN(C(=O)c2ccc(F)cc2)C3)c1)c1ccc(Cl)cc1Cl. The molecule has 0 bridgehead atoms. The first kappa shape index (κ1) is 23.1. The number of nitrogens with zero attached hydrogens (tertiary/aromatic N) is 1. The van der Waals surface area contributed by atoms with Crippen molar-refractivity contribution < 1.29 is 18.4 Å². The van der Waals surface area contributed by atoms with Crippen LogP contribution in [0.1, 0.15) is 32.0 Å². The van der Waals surface area contributed by atoms with Crippen LogP contribution in [0.15, 0.2) is 77.2 Å². The Bertz CT molecular complexity index is 1430. The van der Waals surface area contributed by atoms with Crippen molar-refractivity contribution in [1.29, 1.82) is 0 Å². The largest absolute Gasteiger partial charge is 0.461 e. The van der Waals surface area contributed by atoms with Gasteiger partial charge in [-0.05, 0) is 60.7 Å². The topological polar surface area (TPSA) is 62.6 Å². The third-order valence-corrected chi connectivity index (χ3v) is 6.37. The molecule has 0 saturated heterocycles. The number of fused-ring (bicyclic) bond motifs is 1. The minimum absolute atomic E-state index is 0.149. The summed E-state index contributed by atoms with van der Waals surface area (Å²) in [5, 5.41) is 3.57. The van der Waals surface area contributed by atoms with E-state index >= 15 is 0 Å². The molecule has 0 unspecified atom stereocenters. The summed E-state index contributed by atoms with van der Waals surface area (Å²) in [6, 6.07) is 19.5. The molecule has 0 saturated carbocycles. The molecule has 8 heteroatoms. The Morgan fingerprint density at radius 1 is 0.971 bits per heavy atom. The van der Waals surface area contributed by atoms with Crippen molar-refractivity contribution in [2.24, 2.45) is 0 Å². The van der Waals surface area contributed by atoms with Gasteiger partial charge in [-0.3, -0.25) is 9.59 Å². The predicted molar refractivity (Wildman–Crippen MR) is 133 cm³/mol. The van der Waals surface area contributed by atoms with E-state index in [1.807, 2.05) is 24.3 Å². The van der Waals surface area contributed by atoms with Crippen LogP contribution >= 0.6 is 23.2 Å². The van der Waals surface area contributed by atoms with Crippen LogP contribution in [0.25, 0.3) is 11.3 Å². The molecular formula is C27H19Cl2FN2O3. The van der Waals surface area contributed by atoms with Crippen LogP contribution in [0.2, 0.25) is 10.0 Å². The van der Waals surface area contributed by atoms with Gasteiger partial charge in [-0.15, -0.1) is 0 Å². The molecule has 0 atom stereocenters. The van der Waals surface area contributed by atoms with E-state index < -0.39 is 0 Å². The van der Waals surface area contributed by atoms with E-state index in [4.69, 9.17) is 27.6 Å². The Morgan fingerprint density at radius 3 is 2.54 bits per heavy atom. The van der Waals surface area contributed by atoms with Crippen LogP contribution in [0.3, 0.4) is 0 Å². The van der Waals surface area contributed by atoms with Gasteiger partial charge in [0.25, 0.3) is 11.8 Å². The quantitative estimate of drug-likeness (QED) is 0.328. The van der Waals surface area contributed by atoms with E-state index in [1.54, 1.807) is 23.1 Å². The summed E-state index contributed by atoms with van der Waals surface area (Å²) >= 11 is 12.1. The first-order chi connectivity index (χ1) is 16.9. The molecule has 5 rings (SSSR count). The lowest BCUT2D eigenvalue weighted by atomic mass is 10.1. The molecule has 1 aromatic heterocycles. The van der Waals surface area contributed by atoms with E-state index in [2.05, 4.69) is 5.32 Å². The van der Waals surface area contributed by atoms with Crippen LogP contribution in [0.5, 0.6) is 0 Å². The van der Waals surface area contributed by atoms with Crippen LogP contribution in [0.4, 0.5) is 10.1 Å². The molecule has 2 heterocycles. The van der Waals surface area contributed by atoms with E-state index in [0.717, 1.165) is 16.9 Å². The number of rotatable bonds is 4. The normalized spacial score (nSPS) is 12.8. The van der Waals surface area contributed by atoms with Crippen molar-refractivity contribution in [3.05, 3.63) is 111 Å². The lowest BCUT2D eigenvalue weighted by Gasteiger charge is -2.26. The molecule has 176 valence electrons. The highest BCUT2D eigenvalue weighted by Crippen LogP contribution is 2.31. The summed E-state index contributed by atoms with van der Waals surface area (Å²) in [4.78, 5) is 27.2. The fourth-order valence-corrected chi connectivity index (χ4v) is 4.54. The number of nitrogens with one attached hydrogen (secondary N) is 1. The molecule has 0 fully saturated rings. The molecule has 4 aromatic rings. The average Bonchev–Trinajstić information content (AvgIpc) is 3.28. The van der Waals surface area contributed by atoms with E-state index in [1.165, 1.54) is 30.3 Å². The van der Waals surface area contributed by atoms with Crippen LogP contribution in [-0.4, -0.2) is 23.3 Å². The zero-order valence-corrected chi connectivity index (χ0v) is 19.9. The van der Waals surface area contributed by atoms with Gasteiger partial charge in [0.05, 0.1) is 10.6 Å². The molecular weight excluding hydrogens is 490 g/mol. The number of amides is 2. The van der Waals surface area contributed by atoms with Crippen molar-refractivity contribution in [2.75, 3.05) is 11.9 Å². The Balaban J connectivity index is 1.32. The molecule has 2 amide bonds. The number of benzene rings is 3. The minimum atomic E-state index is -0.378. The number of carbonyl (C=O) groups is 2. The van der Waals surface area contributed by atoms with E-state index in [9.17, 15) is 14.0 Å². The Kier molecular flexibility index (Phi) is 6.32. The smallest absolute Gasteiger partial charge is 0.257 e. The number of hydrogen-bond donors (Lipinski definition) is 1. The maximum atomic E-state index is 13.2. The van der Waals surface area contributed by atoms with Crippen molar-refractivity contribution in [3.63, 3.8) is 0 Å². The number of halogens is 3. The highest BCUT2D eigenvalue weighted by molar-refractivity contribution is 6.37. The van der Waals surface area contributed by atoms with Gasteiger partial charge in [-0.1, -0.05) is 35.3 Å². The van der Waals surface area contributed by atoms with Crippen LogP contribution < -0.4 is 5.32 Å². The standard InChI is InChI=1S/C27H19Cl2FN2O3/c28-19-6-9-22(23(29)14-19)26(33)31-21-3-1-2-17(12-21)25-13-18-15-32(11-10-24(18)35-25)27(34)16-4-7-20(30)8-5-16/h1-9,12-14H,10-11,15H2,(H,31,33). The molecule has 0 spiro atoms. The lowest BCUT2D eigenvalue weighted by molar-refractivity contribution is 0.0729. The van der Waals surface area contributed by atoms with Crippen LogP contribution in [-0.2, 0) is 13.0 Å². The molecule has 1 aliphatic heterocycles. The zero-order valence-electron chi connectivity index (χ0n) is 18.4. The first-order valence-corrected chi connectivity index (χ1v) is 11.7. The van der Waals surface area contributed by atoms with Gasteiger partial charge >= 0.3 is 0 Å². The second-order valence-corrected chi connectivity index (χ2v) is 9.05. The number of furan rings is 1. The van der Waals surface area contributed by atoms with Gasteiger partial charge in [0, 0.05) is 46.9 Å². The number of carbonyl (C=O) groups excluding carboxylic acids is 2. The summed E-state index contributed by atoms with van der Waals surface area (Å²) in [5.74, 6) is 0.593. The summed E-state index contributed by atoms with van der Waals surface area (Å²) in [6.45, 7) is 0.911. The summed E-state index contributed by atoms with van der Waals surface area (Å²) in [5.41, 5.74) is 3.06. The fourth-order valence-electron chi connectivity index (χ4n) is 4.05. The summed E-state index contributed by atoms with van der Waals surface area (Å²) in [7, 11) is 0. The molecule has 5 nitrogen and oxygen atoms in total. The van der Waals surface area contributed by atoms with Gasteiger partial charge in [-0.25, -0.2) is 4.39 Å². The van der Waals surface area contributed by atoms with Crippen LogP contribution in [0, 0.1) is 5.82 Å². The Labute approximate surface area is 211 Å². The zero-order chi connectivity index (χ0) is 24.5. The van der Waals surface area contributed by atoms with Crippen molar-refractivity contribution in [2.45, 2.75) is 13.0 Å². The third-order valence-electron chi connectivity index (χ3n) is 5.83. The van der Waals surface area contributed by atoms with Gasteiger partial charge in [0.2, 0.25) is 0 Å². The molecule has 3 aromatic carbocycles. The van der Waals surface area contributed by atoms with Gasteiger partial charge in [-0.2, -0.15) is 0 Å². The van der Waals surface area contributed by atoms with Gasteiger partial charge in [0.1, 0.15) is 17.3 Å².